The molecule has 0 heterocycles. The van der Waals surface area contributed by atoms with E-state index in [9.17, 15) is 0 Å². The third-order valence-corrected chi connectivity index (χ3v) is 7.56. The lowest BCUT2D eigenvalue weighted by molar-refractivity contribution is 0.140. The Morgan fingerprint density at radius 1 is 0.778 bits per heavy atom. The summed E-state index contributed by atoms with van der Waals surface area (Å²) in [6.07, 6.45) is 20.3. The second-order valence-electron chi connectivity index (χ2n) is 9.40. The van der Waals surface area contributed by atoms with Crippen LogP contribution < -0.4 is 0 Å². The van der Waals surface area contributed by atoms with Crippen LogP contribution >= 0.6 is 0 Å². The van der Waals surface area contributed by atoms with E-state index in [1.54, 1.807) is 0 Å². The normalized spacial score (nSPS) is 28.6. The SMILES string of the molecule is CCCC1CCC(C2CCC(CCCCc3ccc(C#N)cc3)CC2)CC1. The molecule has 0 N–H and O–H groups in total. The van der Waals surface area contributed by atoms with Gasteiger partial charge in [-0.3, -0.25) is 0 Å². The zero-order valence-electron chi connectivity index (χ0n) is 17.5. The summed E-state index contributed by atoms with van der Waals surface area (Å²) in [5, 5.41) is 8.87. The van der Waals surface area contributed by atoms with Gasteiger partial charge in [-0.2, -0.15) is 5.26 Å². The van der Waals surface area contributed by atoms with Crippen LogP contribution in [0.5, 0.6) is 0 Å². The molecule has 27 heavy (non-hydrogen) atoms. The molecule has 0 saturated heterocycles. The predicted octanol–water partition coefficient (Wildman–Crippen LogP) is 7.68. The molecule has 3 rings (SSSR count). The fourth-order valence-electron chi connectivity index (χ4n) is 5.81. The Labute approximate surface area is 167 Å². The number of hydrogen-bond acceptors (Lipinski definition) is 1. The van der Waals surface area contributed by atoms with Crippen molar-refractivity contribution in [3.05, 3.63) is 35.4 Å². The quantitative estimate of drug-likeness (QED) is 0.433. The lowest BCUT2D eigenvalue weighted by atomic mass is 9.68. The molecule has 0 aliphatic heterocycles. The van der Waals surface area contributed by atoms with Gasteiger partial charge in [0.05, 0.1) is 11.6 Å². The zero-order valence-corrected chi connectivity index (χ0v) is 17.5. The molecule has 148 valence electrons. The molecule has 1 aromatic carbocycles. The van der Waals surface area contributed by atoms with Crippen LogP contribution in [0.1, 0.15) is 102 Å². The minimum atomic E-state index is 0.773. The van der Waals surface area contributed by atoms with Gasteiger partial charge in [0.25, 0.3) is 0 Å². The number of unbranched alkanes of at least 4 members (excludes halogenated alkanes) is 1. The van der Waals surface area contributed by atoms with Crippen molar-refractivity contribution < 1.29 is 0 Å². The van der Waals surface area contributed by atoms with Crippen LogP contribution in [-0.4, -0.2) is 0 Å². The van der Waals surface area contributed by atoms with Gasteiger partial charge < -0.3 is 0 Å². The molecule has 0 aromatic heterocycles. The molecule has 1 aromatic rings. The summed E-state index contributed by atoms with van der Waals surface area (Å²) in [7, 11) is 0. The number of nitriles is 1. The van der Waals surface area contributed by atoms with Crippen LogP contribution in [0.3, 0.4) is 0 Å². The van der Waals surface area contributed by atoms with Gasteiger partial charge >= 0.3 is 0 Å². The van der Waals surface area contributed by atoms with Crippen molar-refractivity contribution in [2.24, 2.45) is 23.7 Å². The van der Waals surface area contributed by atoms with Crippen molar-refractivity contribution in [2.75, 3.05) is 0 Å². The van der Waals surface area contributed by atoms with E-state index in [2.05, 4.69) is 25.1 Å². The summed E-state index contributed by atoms with van der Waals surface area (Å²) in [4.78, 5) is 0. The minimum absolute atomic E-state index is 0.773. The summed E-state index contributed by atoms with van der Waals surface area (Å²) < 4.78 is 0. The maximum atomic E-state index is 8.87. The summed E-state index contributed by atoms with van der Waals surface area (Å²) in [6.45, 7) is 2.34. The van der Waals surface area contributed by atoms with Crippen LogP contribution in [0.4, 0.5) is 0 Å². The Hall–Kier alpha value is -1.29. The molecule has 1 heteroatoms. The van der Waals surface area contributed by atoms with Gasteiger partial charge in [0, 0.05) is 0 Å². The molecule has 2 fully saturated rings. The number of rotatable bonds is 8. The summed E-state index contributed by atoms with van der Waals surface area (Å²) in [5.74, 6) is 4.18. The smallest absolute Gasteiger partial charge is 0.0991 e. The molecule has 2 saturated carbocycles. The fourth-order valence-corrected chi connectivity index (χ4v) is 5.81. The lowest BCUT2D eigenvalue weighted by Gasteiger charge is -2.38. The van der Waals surface area contributed by atoms with Crippen LogP contribution in [-0.2, 0) is 6.42 Å². The van der Waals surface area contributed by atoms with Gasteiger partial charge in [0.2, 0.25) is 0 Å². The molecule has 0 unspecified atom stereocenters. The van der Waals surface area contributed by atoms with E-state index in [1.165, 1.54) is 95.5 Å². The predicted molar refractivity (Wildman–Crippen MR) is 115 cm³/mol. The first-order valence-electron chi connectivity index (χ1n) is 11.8. The molecular formula is C26H39N. The van der Waals surface area contributed by atoms with Gasteiger partial charge in [-0.05, 0) is 79.9 Å². The number of aryl methyl sites for hydroxylation is 1. The summed E-state index contributed by atoms with van der Waals surface area (Å²) in [6, 6.07) is 10.3. The third kappa shape index (κ3) is 6.38. The highest BCUT2D eigenvalue weighted by molar-refractivity contribution is 5.31. The third-order valence-electron chi connectivity index (χ3n) is 7.56. The van der Waals surface area contributed by atoms with Crippen molar-refractivity contribution in [2.45, 2.75) is 96.8 Å². The van der Waals surface area contributed by atoms with Gasteiger partial charge in [-0.25, -0.2) is 0 Å². The first-order valence-corrected chi connectivity index (χ1v) is 11.8. The average Bonchev–Trinajstić information content (AvgIpc) is 2.73. The molecule has 0 atom stereocenters. The molecule has 2 aliphatic rings. The Bertz CT molecular complexity index is 565. The molecule has 0 spiro atoms. The monoisotopic (exact) mass is 365 g/mol. The first kappa shape index (κ1) is 20.4. The van der Waals surface area contributed by atoms with Crippen LogP contribution in [0.25, 0.3) is 0 Å². The van der Waals surface area contributed by atoms with E-state index in [-0.39, 0.29) is 0 Å². The fraction of sp³-hybridized carbons (Fsp3) is 0.731. The molecule has 1 nitrogen and oxygen atoms in total. The van der Waals surface area contributed by atoms with Crippen molar-refractivity contribution in [1.82, 2.24) is 0 Å². The number of benzene rings is 1. The highest BCUT2D eigenvalue weighted by Crippen LogP contribution is 2.43. The van der Waals surface area contributed by atoms with Crippen LogP contribution in [0.15, 0.2) is 24.3 Å². The molecule has 0 bridgehead atoms. The lowest BCUT2D eigenvalue weighted by Crippen LogP contribution is -2.25. The molecule has 2 aliphatic carbocycles. The average molecular weight is 366 g/mol. The van der Waals surface area contributed by atoms with E-state index in [4.69, 9.17) is 5.26 Å². The topological polar surface area (TPSA) is 23.8 Å². The molecule has 0 amide bonds. The number of hydrogen-bond donors (Lipinski definition) is 0. The Balaban J connectivity index is 1.28. The zero-order chi connectivity index (χ0) is 18.9. The van der Waals surface area contributed by atoms with E-state index >= 15 is 0 Å². The second kappa shape index (κ2) is 10.9. The highest BCUT2D eigenvalue weighted by Gasteiger charge is 2.30. The van der Waals surface area contributed by atoms with E-state index in [0.29, 0.717) is 0 Å². The summed E-state index contributed by atoms with van der Waals surface area (Å²) >= 11 is 0. The van der Waals surface area contributed by atoms with E-state index < -0.39 is 0 Å². The van der Waals surface area contributed by atoms with Gasteiger partial charge in [-0.15, -0.1) is 0 Å². The summed E-state index contributed by atoms with van der Waals surface area (Å²) in [5.41, 5.74) is 2.16. The number of nitrogens with zero attached hydrogens (tertiary/aromatic N) is 1. The Kier molecular flexibility index (Phi) is 8.25. The largest absolute Gasteiger partial charge is 0.192 e. The molecular weight excluding hydrogens is 326 g/mol. The van der Waals surface area contributed by atoms with Crippen molar-refractivity contribution in [3.63, 3.8) is 0 Å². The highest BCUT2D eigenvalue weighted by atomic mass is 14.4. The minimum Gasteiger partial charge on any atom is -0.192 e. The Morgan fingerprint density at radius 2 is 1.33 bits per heavy atom. The van der Waals surface area contributed by atoms with Gasteiger partial charge in [0.15, 0.2) is 0 Å². The maximum absolute atomic E-state index is 8.87. The standard InChI is InChI=1S/C26H39N/c1-2-5-21-12-16-25(17-13-21)26-18-14-23(15-19-26)7-4-3-6-22-8-10-24(20-27)11-9-22/h8-11,21,23,25-26H,2-7,12-19H2,1H3. The van der Waals surface area contributed by atoms with Crippen LogP contribution in [0.2, 0.25) is 0 Å². The van der Waals surface area contributed by atoms with Crippen LogP contribution in [0, 0.1) is 35.0 Å². The van der Waals surface area contributed by atoms with Crippen molar-refractivity contribution >= 4 is 0 Å². The Morgan fingerprint density at radius 3 is 1.85 bits per heavy atom. The van der Waals surface area contributed by atoms with E-state index in [1.807, 2.05) is 12.1 Å². The maximum Gasteiger partial charge on any atom is 0.0991 e. The first-order chi connectivity index (χ1) is 13.3. The van der Waals surface area contributed by atoms with Gasteiger partial charge in [0.1, 0.15) is 0 Å². The second-order valence-corrected chi connectivity index (χ2v) is 9.40. The van der Waals surface area contributed by atoms with Crippen molar-refractivity contribution in [1.29, 1.82) is 5.26 Å². The van der Waals surface area contributed by atoms with Gasteiger partial charge in [-0.1, -0.05) is 70.4 Å². The van der Waals surface area contributed by atoms with Crippen molar-refractivity contribution in [3.8, 4) is 6.07 Å². The molecule has 0 radical (unpaired) electrons. The van der Waals surface area contributed by atoms with E-state index in [0.717, 1.165) is 29.2 Å².